The second-order valence-corrected chi connectivity index (χ2v) is 6.89. The van der Waals surface area contributed by atoms with Gasteiger partial charge in [-0.25, -0.2) is 0 Å². The minimum Gasteiger partial charge on any atom is -0.479 e. The highest BCUT2D eigenvalue weighted by Crippen LogP contribution is 2.34. The Bertz CT molecular complexity index is 762. The van der Waals surface area contributed by atoms with Crippen molar-refractivity contribution in [3.63, 3.8) is 0 Å². The van der Waals surface area contributed by atoms with E-state index in [1.165, 1.54) is 12.1 Å². The molecular formula is C19H21Cl3N2O2. The standard InChI is InChI=1S/C19H21Cl3N2O2/c1-4-24(5-2)14-8-6-13(7-9-14)23-19(25)12(3)26-18-11-16(21)15(20)10-17(18)22/h6-12H,4-5H2,1-3H3,(H,23,25)/t12-/m0/s1. The molecule has 4 nitrogen and oxygen atoms in total. The predicted molar refractivity (Wildman–Crippen MR) is 110 cm³/mol. The topological polar surface area (TPSA) is 41.6 Å². The highest BCUT2D eigenvalue weighted by atomic mass is 35.5. The van der Waals surface area contributed by atoms with E-state index in [1.807, 2.05) is 24.3 Å². The van der Waals surface area contributed by atoms with Gasteiger partial charge in [-0.2, -0.15) is 0 Å². The van der Waals surface area contributed by atoms with E-state index in [0.29, 0.717) is 26.5 Å². The Balaban J connectivity index is 2.02. The quantitative estimate of drug-likeness (QED) is 0.572. The summed E-state index contributed by atoms with van der Waals surface area (Å²) in [6, 6.07) is 10.7. The number of halogens is 3. The molecule has 140 valence electrons. The third-order valence-electron chi connectivity index (χ3n) is 3.91. The molecule has 2 aromatic rings. The van der Waals surface area contributed by atoms with E-state index < -0.39 is 6.10 Å². The zero-order valence-corrected chi connectivity index (χ0v) is 17.1. The molecule has 0 unspecified atom stereocenters. The molecule has 2 aromatic carbocycles. The van der Waals surface area contributed by atoms with Crippen molar-refractivity contribution in [2.24, 2.45) is 0 Å². The normalized spacial score (nSPS) is 11.8. The maximum absolute atomic E-state index is 12.4. The van der Waals surface area contributed by atoms with Crippen LogP contribution in [0.5, 0.6) is 5.75 Å². The van der Waals surface area contributed by atoms with Gasteiger partial charge < -0.3 is 15.0 Å². The molecule has 0 aliphatic heterocycles. The first kappa shape index (κ1) is 20.7. The van der Waals surface area contributed by atoms with Crippen molar-refractivity contribution in [2.75, 3.05) is 23.3 Å². The van der Waals surface area contributed by atoms with Crippen LogP contribution in [0.25, 0.3) is 0 Å². The van der Waals surface area contributed by atoms with Gasteiger partial charge in [-0.15, -0.1) is 0 Å². The lowest BCUT2D eigenvalue weighted by atomic mass is 10.2. The van der Waals surface area contributed by atoms with Gasteiger partial charge in [0.1, 0.15) is 5.75 Å². The molecule has 0 aliphatic carbocycles. The van der Waals surface area contributed by atoms with Gasteiger partial charge in [0.2, 0.25) is 0 Å². The van der Waals surface area contributed by atoms with Crippen LogP contribution in [-0.4, -0.2) is 25.1 Å². The van der Waals surface area contributed by atoms with Gasteiger partial charge in [-0.1, -0.05) is 34.8 Å². The van der Waals surface area contributed by atoms with Crippen LogP contribution in [0.3, 0.4) is 0 Å². The molecule has 1 amide bonds. The second-order valence-electron chi connectivity index (χ2n) is 5.67. The molecule has 0 saturated heterocycles. The highest BCUT2D eigenvalue weighted by Gasteiger charge is 2.17. The zero-order chi connectivity index (χ0) is 19.3. The molecule has 0 fully saturated rings. The van der Waals surface area contributed by atoms with Gasteiger partial charge >= 0.3 is 0 Å². The van der Waals surface area contributed by atoms with E-state index in [2.05, 4.69) is 24.1 Å². The first-order valence-corrected chi connectivity index (χ1v) is 9.46. The molecule has 0 saturated carbocycles. The van der Waals surface area contributed by atoms with Crippen molar-refractivity contribution < 1.29 is 9.53 Å². The van der Waals surface area contributed by atoms with Crippen LogP contribution in [0, 0.1) is 0 Å². The van der Waals surface area contributed by atoms with Crippen LogP contribution in [-0.2, 0) is 4.79 Å². The fourth-order valence-electron chi connectivity index (χ4n) is 2.43. The highest BCUT2D eigenvalue weighted by molar-refractivity contribution is 6.43. The molecule has 0 bridgehead atoms. The predicted octanol–water partition coefficient (Wildman–Crippen LogP) is 5.90. The number of benzene rings is 2. The van der Waals surface area contributed by atoms with E-state index >= 15 is 0 Å². The van der Waals surface area contributed by atoms with Crippen LogP contribution < -0.4 is 15.0 Å². The summed E-state index contributed by atoms with van der Waals surface area (Å²) in [4.78, 5) is 14.6. The second kappa shape index (κ2) is 9.36. The van der Waals surface area contributed by atoms with Gasteiger partial charge in [0.05, 0.1) is 15.1 Å². The molecule has 0 aliphatic rings. The van der Waals surface area contributed by atoms with Gasteiger partial charge in [0, 0.05) is 30.5 Å². The van der Waals surface area contributed by atoms with E-state index in [0.717, 1.165) is 18.8 Å². The average molecular weight is 416 g/mol. The Kier molecular flexibility index (Phi) is 7.44. The molecule has 0 heterocycles. The number of amides is 1. The minimum atomic E-state index is -0.757. The third kappa shape index (κ3) is 5.19. The van der Waals surface area contributed by atoms with E-state index in [4.69, 9.17) is 39.5 Å². The number of nitrogens with zero attached hydrogens (tertiary/aromatic N) is 1. The number of carbonyl (C=O) groups excluding carboxylic acids is 1. The molecule has 7 heteroatoms. The van der Waals surface area contributed by atoms with Crippen molar-refractivity contribution >= 4 is 52.1 Å². The SMILES string of the molecule is CCN(CC)c1ccc(NC(=O)[C@H](C)Oc2cc(Cl)c(Cl)cc2Cl)cc1. The number of hydrogen-bond acceptors (Lipinski definition) is 3. The van der Waals surface area contributed by atoms with E-state index in [-0.39, 0.29) is 5.91 Å². The fourth-order valence-corrected chi connectivity index (χ4v) is 3.01. The van der Waals surface area contributed by atoms with Crippen LogP contribution in [0.15, 0.2) is 36.4 Å². The minimum absolute atomic E-state index is 0.289. The molecule has 2 rings (SSSR count). The summed E-state index contributed by atoms with van der Waals surface area (Å²) in [7, 11) is 0. The lowest BCUT2D eigenvalue weighted by Gasteiger charge is -2.21. The summed E-state index contributed by atoms with van der Waals surface area (Å²) in [5.74, 6) is 0.0170. The number of rotatable bonds is 7. The Morgan fingerprint density at radius 1 is 1.04 bits per heavy atom. The zero-order valence-electron chi connectivity index (χ0n) is 14.9. The molecule has 0 spiro atoms. The molecule has 1 N–H and O–H groups in total. The first-order chi connectivity index (χ1) is 12.3. The summed E-state index contributed by atoms with van der Waals surface area (Å²) in [6.07, 6.45) is -0.757. The number of anilines is 2. The largest absolute Gasteiger partial charge is 0.479 e. The van der Waals surface area contributed by atoms with Crippen molar-refractivity contribution in [3.8, 4) is 5.75 Å². The maximum Gasteiger partial charge on any atom is 0.265 e. The number of nitrogens with one attached hydrogen (secondary N) is 1. The third-order valence-corrected chi connectivity index (χ3v) is 4.93. The number of hydrogen-bond donors (Lipinski definition) is 1. The molecular weight excluding hydrogens is 395 g/mol. The maximum atomic E-state index is 12.4. The number of carbonyl (C=O) groups is 1. The molecule has 26 heavy (non-hydrogen) atoms. The monoisotopic (exact) mass is 414 g/mol. The van der Waals surface area contributed by atoms with Crippen molar-refractivity contribution in [1.29, 1.82) is 0 Å². The Hall–Kier alpha value is -1.62. The summed E-state index contributed by atoms with van der Waals surface area (Å²) in [5, 5.41) is 3.76. The Morgan fingerprint density at radius 3 is 2.19 bits per heavy atom. The molecule has 0 aromatic heterocycles. The summed E-state index contributed by atoms with van der Waals surface area (Å²) in [6.45, 7) is 7.70. The van der Waals surface area contributed by atoms with E-state index in [9.17, 15) is 4.79 Å². The Morgan fingerprint density at radius 2 is 1.62 bits per heavy atom. The number of ether oxygens (including phenoxy) is 1. The summed E-state index contributed by atoms with van der Waals surface area (Å²) >= 11 is 17.9. The van der Waals surface area contributed by atoms with Crippen molar-refractivity contribution in [2.45, 2.75) is 26.9 Å². The van der Waals surface area contributed by atoms with Gasteiger partial charge in [0.25, 0.3) is 5.91 Å². The van der Waals surface area contributed by atoms with Crippen molar-refractivity contribution in [3.05, 3.63) is 51.5 Å². The van der Waals surface area contributed by atoms with Crippen molar-refractivity contribution in [1.82, 2.24) is 0 Å². The fraction of sp³-hybridized carbons (Fsp3) is 0.316. The van der Waals surface area contributed by atoms with Crippen LogP contribution in [0.2, 0.25) is 15.1 Å². The molecule has 1 atom stereocenters. The lowest BCUT2D eigenvalue weighted by molar-refractivity contribution is -0.122. The molecule has 0 radical (unpaired) electrons. The van der Waals surface area contributed by atoms with E-state index in [1.54, 1.807) is 6.92 Å². The summed E-state index contributed by atoms with van der Waals surface area (Å²) < 4.78 is 5.62. The van der Waals surface area contributed by atoms with Crippen LogP contribution in [0.4, 0.5) is 11.4 Å². The summed E-state index contributed by atoms with van der Waals surface area (Å²) in [5.41, 5.74) is 1.81. The Labute approximate surface area is 169 Å². The average Bonchev–Trinajstić information content (AvgIpc) is 2.62. The first-order valence-electron chi connectivity index (χ1n) is 8.32. The van der Waals surface area contributed by atoms with Gasteiger partial charge in [-0.3, -0.25) is 4.79 Å². The lowest BCUT2D eigenvalue weighted by Crippen LogP contribution is -2.30. The van der Waals surface area contributed by atoms with Crippen LogP contribution in [0.1, 0.15) is 20.8 Å². The van der Waals surface area contributed by atoms with Gasteiger partial charge in [-0.05, 0) is 51.1 Å². The van der Waals surface area contributed by atoms with Crippen LogP contribution >= 0.6 is 34.8 Å². The van der Waals surface area contributed by atoms with Gasteiger partial charge in [0.15, 0.2) is 6.10 Å². The smallest absolute Gasteiger partial charge is 0.265 e.